The van der Waals surface area contributed by atoms with Crippen LogP contribution in [0.5, 0.6) is 5.75 Å². The predicted molar refractivity (Wildman–Crippen MR) is 169 cm³/mol. The second-order valence-corrected chi connectivity index (χ2v) is 12.2. The minimum absolute atomic E-state index is 0.00336. The summed E-state index contributed by atoms with van der Waals surface area (Å²) < 4.78 is 100. The smallest absolute Gasteiger partial charge is 0.201 e. The molecule has 1 saturated carbocycles. The van der Waals surface area contributed by atoms with Crippen molar-refractivity contribution < 1.29 is 35.8 Å². The summed E-state index contributed by atoms with van der Waals surface area (Å²) in [4.78, 5) is 0. The van der Waals surface area contributed by atoms with Gasteiger partial charge in [0.1, 0.15) is 0 Å². The molecule has 3 aromatic rings. The van der Waals surface area contributed by atoms with E-state index in [1.807, 2.05) is 25.2 Å². The number of aryl methyl sites for hydroxylation is 1. The first kappa shape index (κ1) is 33.8. The Morgan fingerprint density at radius 1 is 0.739 bits per heavy atom. The Bertz CT molecular complexity index is 1590. The van der Waals surface area contributed by atoms with Crippen LogP contribution >= 0.6 is 0 Å². The van der Waals surface area contributed by atoms with Crippen molar-refractivity contribution in [1.29, 1.82) is 0 Å². The molecule has 8 heteroatoms. The highest BCUT2D eigenvalue weighted by molar-refractivity contribution is 5.68. The van der Waals surface area contributed by atoms with Crippen LogP contribution in [-0.4, -0.2) is 19.3 Å². The largest absolute Gasteiger partial charge is 0.491 e. The van der Waals surface area contributed by atoms with Gasteiger partial charge in [0, 0.05) is 16.7 Å². The third-order valence-corrected chi connectivity index (χ3v) is 9.27. The molecule has 0 bridgehead atoms. The highest BCUT2D eigenvalue weighted by Gasteiger charge is 2.29. The van der Waals surface area contributed by atoms with Crippen LogP contribution in [0.25, 0.3) is 16.7 Å². The maximum Gasteiger partial charge on any atom is 0.201 e. The summed E-state index contributed by atoms with van der Waals surface area (Å²) in [6.45, 7) is 4.21. The van der Waals surface area contributed by atoms with Gasteiger partial charge < -0.3 is 9.47 Å². The van der Waals surface area contributed by atoms with E-state index < -0.39 is 34.9 Å². The van der Waals surface area contributed by atoms with Crippen LogP contribution in [0.4, 0.5) is 26.3 Å². The van der Waals surface area contributed by atoms with Crippen LogP contribution in [0.3, 0.4) is 0 Å². The van der Waals surface area contributed by atoms with Gasteiger partial charge in [0.15, 0.2) is 34.8 Å². The minimum Gasteiger partial charge on any atom is -0.491 e. The fourth-order valence-corrected chi connectivity index (χ4v) is 6.63. The van der Waals surface area contributed by atoms with E-state index in [1.165, 1.54) is 24.3 Å². The van der Waals surface area contributed by atoms with E-state index in [0.717, 1.165) is 12.0 Å². The summed E-state index contributed by atoms with van der Waals surface area (Å²) in [6.07, 6.45) is 11.7. The molecule has 246 valence electrons. The average Bonchev–Trinajstić information content (AvgIpc) is 3.07. The van der Waals surface area contributed by atoms with Crippen molar-refractivity contribution >= 4 is 5.57 Å². The van der Waals surface area contributed by atoms with Crippen LogP contribution < -0.4 is 4.74 Å². The maximum absolute atomic E-state index is 15.2. The van der Waals surface area contributed by atoms with Gasteiger partial charge in [0.25, 0.3) is 0 Å². The van der Waals surface area contributed by atoms with Gasteiger partial charge in [-0.25, -0.2) is 22.0 Å². The molecule has 0 spiro atoms. The van der Waals surface area contributed by atoms with Crippen molar-refractivity contribution in [3.63, 3.8) is 0 Å². The third kappa shape index (κ3) is 7.38. The molecular formula is C38H40F6O2. The summed E-state index contributed by atoms with van der Waals surface area (Å²) in [7, 11) is 0. The Morgan fingerprint density at radius 3 is 2.09 bits per heavy atom. The van der Waals surface area contributed by atoms with E-state index in [2.05, 4.69) is 0 Å². The number of rotatable bonds is 11. The maximum atomic E-state index is 15.2. The molecule has 2 aliphatic carbocycles. The van der Waals surface area contributed by atoms with Crippen molar-refractivity contribution in [3.8, 4) is 16.9 Å². The molecule has 0 radical (unpaired) electrons. The van der Waals surface area contributed by atoms with Gasteiger partial charge in [-0.2, -0.15) is 4.39 Å². The first-order valence-electron chi connectivity index (χ1n) is 16.2. The zero-order valence-electron chi connectivity index (χ0n) is 26.3. The molecule has 0 aromatic heterocycles. The Morgan fingerprint density at radius 2 is 1.41 bits per heavy atom. The Hall–Kier alpha value is -3.52. The number of hydrogen-bond acceptors (Lipinski definition) is 2. The lowest BCUT2D eigenvalue weighted by atomic mass is 9.81. The van der Waals surface area contributed by atoms with Crippen molar-refractivity contribution in [2.45, 2.75) is 83.7 Å². The van der Waals surface area contributed by atoms with Crippen LogP contribution in [-0.2, 0) is 11.2 Å². The molecular weight excluding hydrogens is 602 g/mol. The van der Waals surface area contributed by atoms with Crippen molar-refractivity contribution in [1.82, 2.24) is 0 Å². The SMILES string of the molecule is C/C=C/CCc1ccc(C2=CCC(COC3CCC(c4ccc(-c5ccc(OCC)c(F)c5F)c(F)c4F)CC3)CC2)c(F)c1F. The summed E-state index contributed by atoms with van der Waals surface area (Å²) in [6, 6.07) is 8.53. The first-order chi connectivity index (χ1) is 22.2. The zero-order valence-corrected chi connectivity index (χ0v) is 26.3. The standard InChI is InChI=1S/C38H40F6O2/c1-3-5-6-7-26-14-17-28(34(40)33(26)39)24-10-8-23(9-11-24)22-46-27-15-12-25(13-16-27)29-18-19-30(36(42)35(29)41)31-20-21-32(45-4-2)38(44)37(31)43/h3,5,10,14,17-21,23,25,27H,4,6-9,11-13,15-16,22H2,1-2H3/b5-3+. The van der Waals surface area contributed by atoms with Gasteiger partial charge in [-0.05, 0) is 112 Å². The molecule has 0 amide bonds. The first-order valence-corrected chi connectivity index (χ1v) is 16.2. The molecule has 1 unspecified atom stereocenters. The summed E-state index contributed by atoms with van der Waals surface area (Å²) in [5, 5.41) is 0. The Labute approximate surface area is 267 Å². The second kappa shape index (κ2) is 15.4. The van der Waals surface area contributed by atoms with Gasteiger partial charge in [-0.15, -0.1) is 0 Å². The van der Waals surface area contributed by atoms with Crippen LogP contribution in [0, 0.1) is 40.8 Å². The lowest BCUT2D eigenvalue weighted by molar-refractivity contribution is 0.00322. The molecule has 1 atom stereocenters. The molecule has 2 aliphatic rings. The molecule has 0 heterocycles. The lowest BCUT2D eigenvalue weighted by Crippen LogP contribution is -2.24. The Kier molecular flexibility index (Phi) is 11.3. The zero-order chi connectivity index (χ0) is 32.8. The van der Waals surface area contributed by atoms with Crippen molar-refractivity contribution in [2.24, 2.45) is 5.92 Å². The summed E-state index contributed by atoms with van der Waals surface area (Å²) >= 11 is 0. The van der Waals surface area contributed by atoms with E-state index in [9.17, 15) is 17.6 Å². The van der Waals surface area contributed by atoms with Crippen LogP contribution in [0.2, 0.25) is 0 Å². The quantitative estimate of drug-likeness (QED) is 0.153. The highest BCUT2D eigenvalue weighted by Crippen LogP contribution is 2.40. The van der Waals surface area contributed by atoms with E-state index in [0.29, 0.717) is 69.1 Å². The highest BCUT2D eigenvalue weighted by atomic mass is 19.2. The molecule has 5 rings (SSSR count). The van der Waals surface area contributed by atoms with Gasteiger partial charge >= 0.3 is 0 Å². The molecule has 0 N–H and O–H groups in total. The fraction of sp³-hybridized carbons (Fsp3) is 0.421. The summed E-state index contributed by atoms with van der Waals surface area (Å²) in [5.74, 6) is -6.54. The van der Waals surface area contributed by atoms with Crippen molar-refractivity contribution in [2.75, 3.05) is 13.2 Å². The normalized spacial score (nSPS) is 20.3. The van der Waals surface area contributed by atoms with Crippen LogP contribution in [0.1, 0.15) is 87.8 Å². The monoisotopic (exact) mass is 642 g/mol. The third-order valence-electron chi connectivity index (χ3n) is 9.27. The lowest BCUT2D eigenvalue weighted by Gasteiger charge is -2.31. The van der Waals surface area contributed by atoms with E-state index in [4.69, 9.17) is 9.47 Å². The molecule has 2 nitrogen and oxygen atoms in total. The number of halogens is 6. The summed E-state index contributed by atoms with van der Waals surface area (Å²) in [5.41, 5.74) is 1.06. The predicted octanol–water partition coefficient (Wildman–Crippen LogP) is 11.0. The van der Waals surface area contributed by atoms with E-state index in [1.54, 1.807) is 19.1 Å². The fourth-order valence-electron chi connectivity index (χ4n) is 6.63. The number of benzene rings is 3. The van der Waals surface area contributed by atoms with E-state index in [-0.39, 0.29) is 47.0 Å². The number of allylic oxidation sites excluding steroid dienone is 4. The van der Waals surface area contributed by atoms with Gasteiger partial charge in [0.05, 0.1) is 19.3 Å². The Balaban J connectivity index is 1.13. The van der Waals surface area contributed by atoms with E-state index >= 15 is 8.78 Å². The molecule has 46 heavy (non-hydrogen) atoms. The minimum atomic E-state index is -1.29. The molecule has 0 aliphatic heterocycles. The average molecular weight is 643 g/mol. The number of hydrogen-bond donors (Lipinski definition) is 0. The van der Waals surface area contributed by atoms with Gasteiger partial charge in [-0.3, -0.25) is 0 Å². The van der Waals surface area contributed by atoms with Crippen LogP contribution in [0.15, 0.2) is 54.6 Å². The van der Waals surface area contributed by atoms with Gasteiger partial charge in [-0.1, -0.05) is 42.5 Å². The number of ether oxygens (including phenoxy) is 2. The topological polar surface area (TPSA) is 18.5 Å². The molecule has 0 saturated heterocycles. The molecule has 3 aromatic carbocycles. The molecule has 1 fully saturated rings. The second-order valence-electron chi connectivity index (χ2n) is 12.2. The van der Waals surface area contributed by atoms with Gasteiger partial charge in [0.2, 0.25) is 5.82 Å². The van der Waals surface area contributed by atoms with Crippen molar-refractivity contribution in [3.05, 3.63) is 106 Å².